The predicted molar refractivity (Wildman–Crippen MR) is 95.7 cm³/mol. The van der Waals surface area contributed by atoms with Crippen molar-refractivity contribution in [2.45, 2.75) is 65.3 Å². The molecule has 1 unspecified atom stereocenters. The molecular formula is C17H27Cl2NS. The van der Waals surface area contributed by atoms with E-state index in [1.54, 1.807) is 0 Å². The summed E-state index contributed by atoms with van der Waals surface area (Å²) in [5.74, 6) is 0.710. The Morgan fingerprint density at radius 3 is 2.43 bits per heavy atom. The maximum absolute atomic E-state index is 6.49. The molecule has 0 bridgehead atoms. The van der Waals surface area contributed by atoms with Crippen LogP contribution in [0.15, 0.2) is 6.07 Å². The summed E-state index contributed by atoms with van der Waals surface area (Å²) < 4.78 is 1.67. The summed E-state index contributed by atoms with van der Waals surface area (Å²) in [7, 11) is 0. The SMILES string of the molecule is CCCNC(c1cc(Cl)sc1Cl)C1(CC(C)C)CCCC1. The van der Waals surface area contributed by atoms with Crippen molar-refractivity contribution >= 4 is 34.5 Å². The van der Waals surface area contributed by atoms with Crippen LogP contribution >= 0.6 is 34.5 Å². The van der Waals surface area contributed by atoms with Crippen molar-refractivity contribution in [3.63, 3.8) is 0 Å². The van der Waals surface area contributed by atoms with Gasteiger partial charge in [0, 0.05) is 11.6 Å². The molecule has 0 aliphatic heterocycles. The largest absolute Gasteiger partial charge is 0.309 e. The van der Waals surface area contributed by atoms with Gasteiger partial charge in [0.2, 0.25) is 0 Å². The Bertz CT molecular complexity index is 450. The van der Waals surface area contributed by atoms with Gasteiger partial charge in [0.25, 0.3) is 0 Å². The summed E-state index contributed by atoms with van der Waals surface area (Å²) in [5.41, 5.74) is 1.57. The molecule has 1 N–H and O–H groups in total. The molecule has 1 aliphatic carbocycles. The van der Waals surface area contributed by atoms with Gasteiger partial charge < -0.3 is 5.32 Å². The van der Waals surface area contributed by atoms with Gasteiger partial charge in [0.05, 0.1) is 8.67 Å². The zero-order valence-corrected chi connectivity index (χ0v) is 15.7. The highest BCUT2D eigenvalue weighted by atomic mass is 35.5. The van der Waals surface area contributed by atoms with Crippen molar-refractivity contribution in [3.05, 3.63) is 20.3 Å². The lowest BCUT2D eigenvalue weighted by Gasteiger charge is -2.40. The van der Waals surface area contributed by atoms with Crippen molar-refractivity contribution in [1.82, 2.24) is 5.32 Å². The number of nitrogens with one attached hydrogen (secondary N) is 1. The fourth-order valence-corrected chi connectivity index (χ4v) is 5.53. The molecule has 1 atom stereocenters. The molecule has 0 saturated heterocycles. The fourth-order valence-electron chi connectivity index (χ4n) is 4.00. The molecule has 0 radical (unpaired) electrons. The summed E-state index contributed by atoms with van der Waals surface area (Å²) >= 11 is 14.2. The topological polar surface area (TPSA) is 12.0 Å². The van der Waals surface area contributed by atoms with Crippen LogP contribution in [0.25, 0.3) is 0 Å². The van der Waals surface area contributed by atoms with Crippen LogP contribution in [0.2, 0.25) is 8.67 Å². The lowest BCUT2D eigenvalue weighted by molar-refractivity contribution is 0.156. The summed E-state index contributed by atoms with van der Waals surface area (Å²) in [5, 5.41) is 3.79. The van der Waals surface area contributed by atoms with Gasteiger partial charge in [0.15, 0.2) is 0 Å². The second-order valence-electron chi connectivity index (χ2n) is 6.83. The first-order chi connectivity index (χ1) is 9.98. The van der Waals surface area contributed by atoms with Crippen LogP contribution in [0.4, 0.5) is 0 Å². The smallest absolute Gasteiger partial charge is 0.0992 e. The second kappa shape index (κ2) is 7.68. The molecule has 2 rings (SSSR count). The molecule has 1 aromatic heterocycles. The third kappa shape index (κ3) is 4.16. The first-order valence-corrected chi connectivity index (χ1v) is 9.74. The third-order valence-electron chi connectivity index (χ3n) is 4.62. The molecule has 21 heavy (non-hydrogen) atoms. The predicted octanol–water partition coefficient (Wildman–Crippen LogP) is 6.70. The van der Waals surface area contributed by atoms with Crippen LogP contribution < -0.4 is 5.32 Å². The van der Waals surface area contributed by atoms with E-state index in [9.17, 15) is 0 Å². The first kappa shape index (κ1) is 17.6. The molecule has 1 fully saturated rings. The Balaban J connectivity index is 2.34. The maximum Gasteiger partial charge on any atom is 0.0992 e. The molecule has 1 saturated carbocycles. The number of rotatable bonds is 7. The third-order valence-corrected chi connectivity index (χ3v) is 6.14. The van der Waals surface area contributed by atoms with Crippen LogP contribution in [0.3, 0.4) is 0 Å². The van der Waals surface area contributed by atoms with E-state index in [2.05, 4.69) is 32.2 Å². The standard InChI is InChI=1S/C17H27Cl2NS/c1-4-9-20-15(13-10-14(18)21-16(13)19)17(11-12(2)3)7-5-6-8-17/h10,12,15,20H,4-9,11H2,1-3H3. The fraction of sp³-hybridized carbons (Fsp3) is 0.765. The van der Waals surface area contributed by atoms with E-state index in [1.165, 1.54) is 49.0 Å². The van der Waals surface area contributed by atoms with Gasteiger partial charge in [-0.2, -0.15) is 0 Å². The summed E-state index contributed by atoms with van der Waals surface area (Å²) in [4.78, 5) is 0. The molecule has 1 heterocycles. The van der Waals surface area contributed by atoms with Crippen molar-refractivity contribution in [2.75, 3.05) is 6.54 Å². The average Bonchev–Trinajstić information content (AvgIpc) is 2.97. The van der Waals surface area contributed by atoms with E-state index in [4.69, 9.17) is 23.2 Å². The van der Waals surface area contributed by atoms with Gasteiger partial charge in [-0.25, -0.2) is 0 Å². The Morgan fingerprint density at radius 1 is 1.29 bits per heavy atom. The van der Waals surface area contributed by atoms with Gasteiger partial charge >= 0.3 is 0 Å². The maximum atomic E-state index is 6.49. The van der Waals surface area contributed by atoms with Crippen LogP contribution in [-0.4, -0.2) is 6.54 Å². The number of thiophene rings is 1. The molecule has 4 heteroatoms. The summed E-state index contributed by atoms with van der Waals surface area (Å²) in [6.45, 7) is 7.92. The van der Waals surface area contributed by atoms with Crippen molar-refractivity contribution < 1.29 is 0 Å². The minimum atomic E-state index is 0.345. The summed E-state index contributed by atoms with van der Waals surface area (Å²) in [6.07, 6.45) is 7.69. The van der Waals surface area contributed by atoms with E-state index in [0.717, 1.165) is 21.6 Å². The van der Waals surface area contributed by atoms with Gasteiger partial charge in [-0.1, -0.05) is 56.8 Å². The highest BCUT2D eigenvalue weighted by Crippen LogP contribution is 2.53. The van der Waals surface area contributed by atoms with Crippen molar-refractivity contribution in [1.29, 1.82) is 0 Å². The molecule has 0 amide bonds. The van der Waals surface area contributed by atoms with Crippen molar-refractivity contribution in [2.24, 2.45) is 11.3 Å². The molecule has 1 aromatic rings. The normalized spacial score (nSPS) is 19.3. The Hall–Kier alpha value is 0.240. The van der Waals surface area contributed by atoms with Crippen molar-refractivity contribution in [3.8, 4) is 0 Å². The minimum Gasteiger partial charge on any atom is -0.309 e. The lowest BCUT2D eigenvalue weighted by atomic mass is 9.70. The van der Waals surface area contributed by atoms with Crippen LogP contribution in [0.1, 0.15) is 70.9 Å². The highest BCUT2D eigenvalue weighted by molar-refractivity contribution is 7.20. The van der Waals surface area contributed by atoms with Crippen LogP contribution in [0.5, 0.6) is 0 Å². The molecule has 120 valence electrons. The summed E-state index contributed by atoms with van der Waals surface area (Å²) in [6, 6.07) is 2.43. The monoisotopic (exact) mass is 347 g/mol. The molecule has 0 spiro atoms. The number of hydrogen-bond acceptors (Lipinski definition) is 2. The quantitative estimate of drug-likeness (QED) is 0.578. The zero-order valence-electron chi connectivity index (χ0n) is 13.3. The average molecular weight is 348 g/mol. The second-order valence-corrected chi connectivity index (χ2v) is 9.12. The lowest BCUT2D eigenvalue weighted by Crippen LogP contribution is -2.38. The van der Waals surface area contributed by atoms with Crippen LogP contribution in [0, 0.1) is 11.3 Å². The molecule has 1 aliphatic rings. The van der Waals surface area contributed by atoms with E-state index in [1.807, 2.05) is 0 Å². The van der Waals surface area contributed by atoms with E-state index in [0.29, 0.717) is 17.4 Å². The Kier molecular flexibility index (Phi) is 6.43. The van der Waals surface area contributed by atoms with Crippen LogP contribution in [-0.2, 0) is 0 Å². The van der Waals surface area contributed by atoms with Gasteiger partial charge in [-0.05, 0) is 49.6 Å². The molecule has 1 nitrogen and oxygen atoms in total. The van der Waals surface area contributed by atoms with E-state index >= 15 is 0 Å². The number of hydrogen-bond donors (Lipinski definition) is 1. The number of halogens is 2. The molecular weight excluding hydrogens is 321 g/mol. The first-order valence-electron chi connectivity index (χ1n) is 8.16. The minimum absolute atomic E-state index is 0.345. The van der Waals surface area contributed by atoms with Gasteiger partial charge in [0.1, 0.15) is 0 Å². The van der Waals surface area contributed by atoms with E-state index < -0.39 is 0 Å². The Labute approximate surface area is 143 Å². The zero-order chi connectivity index (χ0) is 15.5. The van der Waals surface area contributed by atoms with Gasteiger partial charge in [-0.15, -0.1) is 11.3 Å². The van der Waals surface area contributed by atoms with Gasteiger partial charge in [-0.3, -0.25) is 0 Å². The highest BCUT2D eigenvalue weighted by Gasteiger charge is 2.43. The molecule has 0 aromatic carbocycles. The Morgan fingerprint density at radius 2 is 1.95 bits per heavy atom. The van der Waals surface area contributed by atoms with E-state index in [-0.39, 0.29) is 0 Å².